The van der Waals surface area contributed by atoms with E-state index in [4.69, 9.17) is 9.47 Å². The molecule has 0 bridgehead atoms. The summed E-state index contributed by atoms with van der Waals surface area (Å²) in [6.07, 6.45) is 10.7. The van der Waals surface area contributed by atoms with Crippen molar-refractivity contribution in [2.75, 3.05) is 7.11 Å². The first-order valence-electron chi connectivity index (χ1n) is 9.49. The summed E-state index contributed by atoms with van der Waals surface area (Å²) >= 11 is 0. The third-order valence-corrected chi connectivity index (χ3v) is 4.64. The van der Waals surface area contributed by atoms with Gasteiger partial charge >= 0.3 is 0 Å². The van der Waals surface area contributed by atoms with Crippen LogP contribution in [-0.4, -0.2) is 46.4 Å². The van der Waals surface area contributed by atoms with Crippen LogP contribution in [-0.2, 0) is 13.5 Å². The lowest BCUT2D eigenvalue weighted by molar-refractivity contribution is 0.411. The van der Waals surface area contributed by atoms with E-state index in [0.29, 0.717) is 35.3 Å². The summed E-state index contributed by atoms with van der Waals surface area (Å²) in [5.41, 5.74) is 1.96. The van der Waals surface area contributed by atoms with Crippen LogP contribution in [0, 0.1) is 0 Å². The van der Waals surface area contributed by atoms with Crippen LogP contribution in [0.25, 0.3) is 17.2 Å². The molecule has 0 N–H and O–H groups in total. The van der Waals surface area contributed by atoms with Gasteiger partial charge in [-0.15, -0.1) is 10.2 Å². The van der Waals surface area contributed by atoms with Gasteiger partial charge in [0, 0.05) is 19.0 Å². The number of fused-ring (bicyclic) bond motifs is 1. The summed E-state index contributed by atoms with van der Waals surface area (Å²) < 4.78 is 14.4. The van der Waals surface area contributed by atoms with Crippen molar-refractivity contribution >= 4 is 5.78 Å². The minimum absolute atomic E-state index is 0.503. The molecule has 0 aliphatic heterocycles. The summed E-state index contributed by atoms with van der Waals surface area (Å²) in [6.45, 7) is 0. The maximum atomic E-state index is 5.83. The molecule has 31 heavy (non-hydrogen) atoms. The smallest absolute Gasteiger partial charge is 0.255 e. The maximum Gasteiger partial charge on any atom is 0.255 e. The van der Waals surface area contributed by atoms with E-state index in [9.17, 15) is 0 Å². The van der Waals surface area contributed by atoms with Crippen LogP contribution in [0.3, 0.4) is 0 Å². The summed E-state index contributed by atoms with van der Waals surface area (Å²) in [7, 11) is 3.42. The number of rotatable bonds is 6. The highest BCUT2D eigenvalue weighted by atomic mass is 16.5. The molecule has 154 valence electrons. The third-order valence-electron chi connectivity index (χ3n) is 4.64. The fourth-order valence-corrected chi connectivity index (χ4v) is 3.15. The molecule has 10 nitrogen and oxygen atoms in total. The lowest BCUT2D eigenvalue weighted by atomic mass is 10.1. The predicted octanol–water partition coefficient (Wildman–Crippen LogP) is 2.71. The second-order valence-corrected chi connectivity index (χ2v) is 6.85. The zero-order chi connectivity index (χ0) is 21.2. The molecule has 0 saturated carbocycles. The van der Waals surface area contributed by atoms with E-state index in [1.54, 1.807) is 42.8 Å². The van der Waals surface area contributed by atoms with E-state index >= 15 is 0 Å². The Balaban J connectivity index is 1.41. The van der Waals surface area contributed by atoms with Crippen molar-refractivity contribution in [1.82, 2.24) is 39.3 Å². The lowest BCUT2D eigenvalue weighted by Gasteiger charge is -2.06. The van der Waals surface area contributed by atoms with Crippen LogP contribution in [0.5, 0.6) is 17.2 Å². The fraction of sp³-hybridized carbons (Fsp3) is 0.143. The molecule has 0 radical (unpaired) electrons. The Morgan fingerprint density at radius 2 is 1.71 bits per heavy atom. The van der Waals surface area contributed by atoms with Gasteiger partial charge in [0.2, 0.25) is 0 Å². The molecular formula is C21H18N8O2. The van der Waals surface area contributed by atoms with Gasteiger partial charge in [-0.3, -0.25) is 9.08 Å². The summed E-state index contributed by atoms with van der Waals surface area (Å²) in [4.78, 5) is 13.0. The van der Waals surface area contributed by atoms with Gasteiger partial charge in [-0.05, 0) is 11.6 Å². The normalized spacial score (nSPS) is 11.0. The molecule has 0 saturated heterocycles. The van der Waals surface area contributed by atoms with Crippen molar-refractivity contribution in [3.63, 3.8) is 0 Å². The lowest BCUT2D eigenvalue weighted by Crippen LogP contribution is -1.99. The van der Waals surface area contributed by atoms with Crippen LogP contribution in [0.15, 0.2) is 61.4 Å². The standard InChI is InChI=1S/C21H18N8O2/c1-28-12-18(11-25-28)31-17-10-24-21-27-26-19(29(21)13-17)7-14-4-3-5-15(6-14)20-22-8-16(30-2)9-23-20/h3-6,8-13H,7H2,1-2H3. The van der Waals surface area contributed by atoms with Crippen molar-refractivity contribution in [1.29, 1.82) is 0 Å². The molecule has 1 aromatic carbocycles. The van der Waals surface area contributed by atoms with Crippen molar-refractivity contribution in [2.45, 2.75) is 6.42 Å². The second kappa shape index (κ2) is 7.82. The maximum absolute atomic E-state index is 5.83. The highest BCUT2D eigenvalue weighted by Crippen LogP contribution is 2.22. The molecule has 0 spiro atoms. The van der Waals surface area contributed by atoms with Crippen LogP contribution in [0.2, 0.25) is 0 Å². The van der Waals surface area contributed by atoms with Crippen molar-refractivity contribution in [2.24, 2.45) is 7.05 Å². The Morgan fingerprint density at radius 3 is 2.48 bits per heavy atom. The van der Waals surface area contributed by atoms with Gasteiger partial charge in [0.05, 0.1) is 44.3 Å². The molecule has 5 aromatic rings. The molecule has 0 atom stereocenters. The Hall–Kier alpha value is -4.34. The van der Waals surface area contributed by atoms with Crippen LogP contribution < -0.4 is 9.47 Å². The molecule has 0 aliphatic carbocycles. The summed E-state index contributed by atoms with van der Waals surface area (Å²) in [5.74, 6) is 3.69. The topological polar surface area (TPSA) is 105 Å². The van der Waals surface area contributed by atoms with E-state index in [0.717, 1.165) is 17.0 Å². The van der Waals surface area contributed by atoms with E-state index in [2.05, 4.69) is 30.2 Å². The first kappa shape index (κ1) is 18.7. The van der Waals surface area contributed by atoms with Crippen molar-refractivity contribution in [3.8, 4) is 28.6 Å². The number of aromatic nitrogens is 8. The van der Waals surface area contributed by atoms with Crippen LogP contribution in [0.1, 0.15) is 11.4 Å². The number of hydrogen-bond acceptors (Lipinski definition) is 8. The van der Waals surface area contributed by atoms with Crippen LogP contribution >= 0.6 is 0 Å². The minimum atomic E-state index is 0.503. The molecule has 4 heterocycles. The van der Waals surface area contributed by atoms with Gasteiger partial charge in [-0.1, -0.05) is 18.2 Å². The number of aryl methyl sites for hydroxylation is 1. The zero-order valence-corrected chi connectivity index (χ0v) is 16.9. The van der Waals surface area contributed by atoms with Crippen LogP contribution in [0.4, 0.5) is 0 Å². The van der Waals surface area contributed by atoms with Gasteiger partial charge < -0.3 is 9.47 Å². The van der Waals surface area contributed by atoms with E-state index < -0.39 is 0 Å². The number of ether oxygens (including phenoxy) is 2. The van der Waals surface area contributed by atoms with E-state index in [-0.39, 0.29) is 0 Å². The average molecular weight is 414 g/mol. The van der Waals surface area contributed by atoms with Gasteiger partial charge in [0.15, 0.2) is 23.1 Å². The molecule has 10 heteroatoms. The zero-order valence-electron chi connectivity index (χ0n) is 16.9. The van der Waals surface area contributed by atoms with Gasteiger partial charge in [0.25, 0.3) is 5.78 Å². The first-order chi connectivity index (χ1) is 15.2. The average Bonchev–Trinajstić information content (AvgIpc) is 3.39. The number of methoxy groups -OCH3 is 1. The van der Waals surface area contributed by atoms with Crippen molar-refractivity contribution < 1.29 is 9.47 Å². The summed E-state index contributed by atoms with van der Waals surface area (Å²) in [5, 5.41) is 12.6. The van der Waals surface area contributed by atoms with Gasteiger partial charge in [-0.25, -0.2) is 15.0 Å². The largest absolute Gasteiger partial charge is 0.494 e. The van der Waals surface area contributed by atoms with E-state index in [1.165, 1.54) is 0 Å². The third kappa shape index (κ3) is 3.90. The highest BCUT2D eigenvalue weighted by Gasteiger charge is 2.11. The molecule has 4 aromatic heterocycles. The van der Waals surface area contributed by atoms with E-state index in [1.807, 2.05) is 41.9 Å². The highest BCUT2D eigenvalue weighted by molar-refractivity contribution is 5.56. The molecule has 0 aliphatic rings. The predicted molar refractivity (Wildman–Crippen MR) is 111 cm³/mol. The Morgan fingerprint density at radius 1 is 0.903 bits per heavy atom. The first-order valence-corrected chi connectivity index (χ1v) is 9.49. The number of hydrogen-bond donors (Lipinski definition) is 0. The SMILES string of the molecule is COc1cnc(-c2cccc(Cc3nnc4ncc(Oc5cnn(C)c5)cn34)c2)nc1. The Labute approximate surface area is 177 Å². The monoisotopic (exact) mass is 414 g/mol. The molecular weight excluding hydrogens is 396 g/mol. The molecule has 0 unspecified atom stereocenters. The fourth-order valence-electron chi connectivity index (χ4n) is 3.15. The molecule has 5 rings (SSSR count). The minimum Gasteiger partial charge on any atom is -0.494 e. The van der Waals surface area contributed by atoms with Crippen molar-refractivity contribution in [3.05, 3.63) is 72.8 Å². The number of nitrogens with zero attached hydrogens (tertiary/aromatic N) is 8. The van der Waals surface area contributed by atoms with Gasteiger partial charge in [0.1, 0.15) is 5.82 Å². The molecule has 0 fully saturated rings. The molecule has 0 amide bonds. The number of benzene rings is 1. The Kier molecular flexibility index (Phi) is 4.71. The second-order valence-electron chi connectivity index (χ2n) is 6.85. The quantitative estimate of drug-likeness (QED) is 0.418. The Bertz CT molecular complexity index is 1340. The summed E-state index contributed by atoms with van der Waals surface area (Å²) in [6, 6.07) is 8.00. The van der Waals surface area contributed by atoms with Gasteiger partial charge in [-0.2, -0.15) is 5.10 Å².